The number of carbonyl (C=O) groups excluding carboxylic acids is 3. The lowest BCUT2D eigenvalue weighted by atomic mass is 9.91. The molecular weight excluding hydrogens is 460 g/mol. The number of rotatable bonds is 5. The average molecular weight is 485 g/mol. The maximum Gasteiger partial charge on any atom is 0.339 e. The van der Waals surface area contributed by atoms with Crippen molar-refractivity contribution in [2.45, 2.75) is 25.0 Å². The van der Waals surface area contributed by atoms with Crippen LogP contribution in [0.5, 0.6) is 0 Å². The van der Waals surface area contributed by atoms with Crippen molar-refractivity contribution < 1.29 is 24.0 Å². The topological polar surface area (TPSA) is 109 Å². The Morgan fingerprint density at radius 2 is 1.82 bits per heavy atom. The lowest BCUT2D eigenvalue weighted by molar-refractivity contribution is -0.120. The van der Waals surface area contributed by atoms with Gasteiger partial charge in [0.15, 0.2) is 0 Å². The van der Waals surface area contributed by atoms with E-state index in [2.05, 4.69) is 16.1 Å². The molecule has 0 bridgehead atoms. The van der Waals surface area contributed by atoms with Crippen LogP contribution in [0.1, 0.15) is 28.8 Å². The molecule has 2 aliphatic heterocycles. The minimum Gasteiger partial charge on any atom is -0.465 e. The van der Waals surface area contributed by atoms with Gasteiger partial charge >= 0.3 is 12.0 Å². The summed E-state index contributed by atoms with van der Waals surface area (Å²) in [5, 5.41) is 6.27. The normalized spacial score (nSPS) is 16.4. The molecule has 34 heavy (non-hydrogen) atoms. The van der Waals surface area contributed by atoms with Gasteiger partial charge in [0.05, 0.1) is 18.4 Å². The molecule has 2 aliphatic rings. The second kappa shape index (κ2) is 10.1. The van der Waals surface area contributed by atoms with Gasteiger partial charge in [-0.25, -0.2) is 9.59 Å². The highest BCUT2D eigenvalue weighted by Crippen LogP contribution is 2.32. The first-order valence-electron chi connectivity index (χ1n) is 10.8. The number of hydrogen-bond donors (Lipinski definition) is 3. The molecule has 0 saturated carbocycles. The number of halogens is 1. The summed E-state index contributed by atoms with van der Waals surface area (Å²) in [6, 6.07) is 13.6. The summed E-state index contributed by atoms with van der Waals surface area (Å²) in [6.45, 7) is 1.21. The first kappa shape index (κ1) is 23.6. The van der Waals surface area contributed by atoms with E-state index in [-0.39, 0.29) is 17.5 Å². The highest BCUT2D eigenvalue weighted by atomic mass is 35.5. The third kappa shape index (κ3) is 5.32. The molecule has 1 spiro atoms. The molecule has 1 saturated heterocycles. The number of para-hydroxylation sites is 1. The molecule has 0 aromatic heterocycles. The Morgan fingerprint density at radius 3 is 2.53 bits per heavy atom. The first-order chi connectivity index (χ1) is 16.4. The second-order valence-corrected chi connectivity index (χ2v) is 8.53. The second-order valence-electron chi connectivity index (χ2n) is 8.09. The molecule has 9 nitrogen and oxygen atoms in total. The highest BCUT2D eigenvalue weighted by Gasteiger charge is 2.41. The van der Waals surface area contributed by atoms with Gasteiger partial charge in [0.25, 0.3) is 5.91 Å². The number of hydrogen-bond acceptors (Lipinski definition) is 6. The third-order valence-corrected chi connectivity index (χ3v) is 6.11. The number of nitrogens with one attached hydrogen (secondary N) is 3. The van der Waals surface area contributed by atoms with Gasteiger partial charge in [-0.05, 0) is 35.9 Å². The van der Waals surface area contributed by atoms with Crippen molar-refractivity contribution in [3.05, 3.63) is 76.5 Å². The van der Waals surface area contributed by atoms with E-state index < -0.39 is 11.6 Å². The molecule has 3 amide bonds. The van der Waals surface area contributed by atoms with Gasteiger partial charge in [-0.3, -0.25) is 15.1 Å². The molecule has 0 radical (unpaired) electrons. The molecule has 0 aliphatic carbocycles. The number of anilines is 1. The Labute approximate surface area is 202 Å². The van der Waals surface area contributed by atoms with Gasteiger partial charge in [-0.1, -0.05) is 35.9 Å². The van der Waals surface area contributed by atoms with Crippen LogP contribution >= 0.6 is 11.6 Å². The average Bonchev–Trinajstić information content (AvgIpc) is 3.27. The molecule has 2 aromatic rings. The van der Waals surface area contributed by atoms with Crippen molar-refractivity contribution in [2.24, 2.45) is 0 Å². The zero-order valence-corrected chi connectivity index (χ0v) is 19.4. The summed E-state index contributed by atoms with van der Waals surface area (Å²) in [4.78, 5) is 44.6. The van der Waals surface area contributed by atoms with Gasteiger partial charge in [0, 0.05) is 37.5 Å². The van der Waals surface area contributed by atoms with Gasteiger partial charge < -0.3 is 20.3 Å². The van der Waals surface area contributed by atoms with Crippen LogP contribution in [0.3, 0.4) is 0 Å². The van der Waals surface area contributed by atoms with Gasteiger partial charge in [0.1, 0.15) is 11.3 Å². The van der Waals surface area contributed by atoms with E-state index >= 15 is 0 Å². The maximum atomic E-state index is 12.8. The molecule has 2 heterocycles. The fourth-order valence-electron chi connectivity index (χ4n) is 3.88. The SMILES string of the molecule is COC(=O)c1ccccc1NC(=O)N1CCC2(C=C(C(=O)NCc3ccc(Cl)cc3)NO2)CC1. The molecular formula is C24H25ClN4O5. The van der Waals surface area contributed by atoms with E-state index in [1.165, 1.54) is 7.11 Å². The summed E-state index contributed by atoms with van der Waals surface area (Å²) in [5.41, 5.74) is 4.02. The Hall–Kier alpha value is -3.56. The molecule has 0 unspecified atom stereocenters. The number of likely N-dealkylation sites (tertiary alicyclic amines) is 1. The molecule has 178 valence electrons. The predicted octanol–water partition coefficient (Wildman–Crippen LogP) is 3.23. The fraction of sp³-hybridized carbons (Fsp3) is 0.292. The van der Waals surface area contributed by atoms with Crippen molar-refractivity contribution in [1.82, 2.24) is 15.7 Å². The zero-order valence-electron chi connectivity index (χ0n) is 18.6. The van der Waals surface area contributed by atoms with Gasteiger partial charge in [-0.2, -0.15) is 0 Å². The van der Waals surface area contributed by atoms with Crippen molar-refractivity contribution in [2.75, 3.05) is 25.5 Å². The summed E-state index contributed by atoms with van der Waals surface area (Å²) >= 11 is 5.89. The van der Waals surface area contributed by atoms with E-state index in [1.54, 1.807) is 47.4 Å². The van der Waals surface area contributed by atoms with Crippen LogP contribution in [0.4, 0.5) is 10.5 Å². The number of carbonyl (C=O) groups is 3. The van der Waals surface area contributed by atoms with E-state index in [9.17, 15) is 14.4 Å². The number of ether oxygens (including phenoxy) is 1. The number of piperidine rings is 1. The van der Waals surface area contributed by atoms with Crippen LogP contribution in [0.2, 0.25) is 5.02 Å². The maximum absolute atomic E-state index is 12.8. The van der Waals surface area contributed by atoms with Gasteiger partial charge in [-0.15, -0.1) is 0 Å². The molecule has 2 aromatic carbocycles. The summed E-state index contributed by atoms with van der Waals surface area (Å²) in [6.07, 6.45) is 2.81. The standard InChI is InChI=1S/C24H25ClN4O5/c1-33-22(31)18-4-2-3-5-19(18)27-23(32)29-12-10-24(11-13-29)14-20(28-34-24)21(30)26-15-16-6-8-17(25)9-7-16/h2-9,14,28H,10-13,15H2,1H3,(H,26,30)(H,27,32). The first-order valence-corrected chi connectivity index (χ1v) is 11.2. The number of benzene rings is 2. The molecule has 1 fully saturated rings. The van der Waals surface area contributed by atoms with E-state index in [4.69, 9.17) is 21.2 Å². The monoisotopic (exact) mass is 484 g/mol. The number of hydroxylamine groups is 1. The van der Waals surface area contributed by atoms with Crippen molar-refractivity contribution in [3.8, 4) is 0 Å². The fourth-order valence-corrected chi connectivity index (χ4v) is 4.01. The lowest BCUT2D eigenvalue weighted by Gasteiger charge is -2.36. The quantitative estimate of drug-likeness (QED) is 0.562. The number of nitrogens with zero attached hydrogens (tertiary/aromatic N) is 1. The third-order valence-electron chi connectivity index (χ3n) is 5.85. The number of methoxy groups -OCH3 is 1. The molecule has 0 atom stereocenters. The minimum atomic E-state index is -0.659. The summed E-state index contributed by atoms with van der Waals surface area (Å²) in [7, 11) is 1.29. The minimum absolute atomic E-state index is 0.272. The van der Waals surface area contributed by atoms with Crippen LogP contribution in [-0.2, 0) is 20.9 Å². The van der Waals surface area contributed by atoms with E-state index in [0.29, 0.717) is 48.9 Å². The Balaban J connectivity index is 1.31. The van der Waals surface area contributed by atoms with E-state index in [1.807, 2.05) is 12.1 Å². The van der Waals surface area contributed by atoms with Crippen LogP contribution in [0.25, 0.3) is 0 Å². The largest absolute Gasteiger partial charge is 0.465 e. The van der Waals surface area contributed by atoms with Crippen molar-refractivity contribution >= 4 is 35.2 Å². The van der Waals surface area contributed by atoms with E-state index in [0.717, 1.165) is 5.56 Å². The number of urea groups is 1. The Bertz CT molecular complexity index is 1110. The highest BCUT2D eigenvalue weighted by molar-refractivity contribution is 6.30. The molecule has 4 rings (SSSR count). The summed E-state index contributed by atoms with van der Waals surface area (Å²) < 4.78 is 4.77. The predicted molar refractivity (Wildman–Crippen MR) is 126 cm³/mol. The van der Waals surface area contributed by atoms with Crippen LogP contribution in [-0.4, -0.2) is 48.6 Å². The number of amides is 3. The Kier molecular flexibility index (Phi) is 7.04. The van der Waals surface area contributed by atoms with Crippen LogP contribution in [0, 0.1) is 0 Å². The van der Waals surface area contributed by atoms with Crippen molar-refractivity contribution in [1.29, 1.82) is 0 Å². The smallest absolute Gasteiger partial charge is 0.339 e. The summed E-state index contributed by atoms with van der Waals surface area (Å²) in [5.74, 6) is -0.794. The zero-order chi connectivity index (χ0) is 24.1. The molecule has 10 heteroatoms. The molecule has 3 N–H and O–H groups in total. The van der Waals surface area contributed by atoms with Crippen LogP contribution in [0.15, 0.2) is 60.3 Å². The van der Waals surface area contributed by atoms with Gasteiger partial charge in [0.2, 0.25) is 0 Å². The Morgan fingerprint density at radius 1 is 1.12 bits per heavy atom. The van der Waals surface area contributed by atoms with Crippen molar-refractivity contribution in [3.63, 3.8) is 0 Å². The lowest BCUT2D eigenvalue weighted by Crippen LogP contribution is -2.48. The van der Waals surface area contributed by atoms with Crippen LogP contribution < -0.4 is 16.1 Å². The number of esters is 1.